The maximum Gasteiger partial charge on any atom is 0.340 e. The van der Waals surface area contributed by atoms with E-state index in [-0.39, 0.29) is 58.5 Å². The molecule has 24 heteroatoms. The van der Waals surface area contributed by atoms with Crippen LogP contribution in [0.15, 0.2) is 244 Å². The monoisotopic (exact) mass is 1790 g/mol. The molecule has 2 amide bonds. The maximum absolute atomic E-state index is 13.8. The highest BCUT2D eigenvalue weighted by Gasteiger charge is 2.54. The van der Waals surface area contributed by atoms with Gasteiger partial charge < -0.3 is 66.2 Å². The van der Waals surface area contributed by atoms with Crippen molar-refractivity contribution in [1.82, 2.24) is 25.8 Å². The highest BCUT2D eigenvalue weighted by atomic mass is 28.3. The summed E-state index contributed by atoms with van der Waals surface area (Å²) in [7, 11) is 3.17. The van der Waals surface area contributed by atoms with E-state index in [1.54, 1.807) is 54.6 Å². The number of carbonyl (C=O) groups excluding carboxylic acids is 6. The van der Waals surface area contributed by atoms with E-state index in [0.29, 0.717) is 51.6 Å². The molecule has 9 aromatic rings. The molecule has 2 saturated carbocycles. The van der Waals surface area contributed by atoms with Crippen LogP contribution in [0.1, 0.15) is 168 Å². The fourth-order valence-electron chi connectivity index (χ4n) is 20.6. The number of nitrogens with one attached hydrogen (secondary N) is 5. The number of nitrogens with zero attached hydrogens (tertiary/aromatic N) is 1. The van der Waals surface area contributed by atoms with Gasteiger partial charge in [0.1, 0.15) is 64.6 Å². The molecule has 0 atom stereocenters. The predicted molar refractivity (Wildman–Crippen MR) is 523 cm³/mol. The minimum absolute atomic E-state index is 0.0253. The molecule has 132 heavy (non-hydrogen) atoms. The van der Waals surface area contributed by atoms with Crippen LogP contribution in [0.5, 0.6) is 23.0 Å². The Morgan fingerprint density at radius 1 is 0.515 bits per heavy atom. The first kappa shape index (κ1) is 88.5. The first-order valence-corrected chi connectivity index (χ1v) is 51.1. The second kappa shape index (κ2) is 35.3. The zero-order valence-corrected chi connectivity index (χ0v) is 78.3. The lowest BCUT2D eigenvalue weighted by Gasteiger charge is -2.37. The molecular formula is C108H109N10O12Si2+3. The third kappa shape index (κ3) is 16.7. The molecule has 668 valence electrons. The van der Waals surface area contributed by atoms with Crippen LogP contribution in [0.25, 0.3) is 44.6 Å². The third-order valence-corrected chi connectivity index (χ3v) is 34.4. The van der Waals surface area contributed by atoms with Crippen molar-refractivity contribution in [2.45, 2.75) is 148 Å². The Hall–Kier alpha value is -14.2. The van der Waals surface area contributed by atoms with Gasteiger partial charge in [-0.05, 0) is 268 Å². The number of aryl methyl sites for hydroxylation is 2. The number of methoxy groups -OCH3 is 1. The lowest BCUT2D eigenvalue weighted by molar-refractivity contribution is -0.132. The van der Waals surface area contributed by atoms with Gasteiger partial charge in [-0.3, -0.25) is 30.0 Å². The number of amides is 2. The van der Waals surface area contributed by atoms with Gasteiger partial charge in [-0.2, -0.15) is 0 Å². The zero-order chi connectivity index (χ0) is 92.7. The molecule has 5 heterocycles. The van der Waals surface area contributed by atoms with Crippen LogP contribution in [0.2, 0.25) is 26.2 Å². The van der Waals surface area contributed by atoms with Gasteiger partial charge >= 0.3 is 23.9 Å². The van der Waals surface area contributed by atoms with Crippen molar-refractivity contribution in [1.29, 1.82) is 0 Å². The Balaban J connectivity index is 0.000000177. The summed E-state index contributed by atoms with van der Waals surface area (Å²) in [5.41, 5.74) is 35.8. The summed E-state index contributed by atoms with van der Waals surface area (Å²) in [6.07, 6.45) is 19.6. The number of anilines is 3. The number of carbonyl (C=O) groups is 6. The molecule has 9 aromatic carbocycles. The van der Waals surface area contributed by atoms with Crippen LogP contribution < -0.4 is 83.4 Å². The van der Waals surface area contributed by atoms with Gasteiger partial charge in [0.15, 0.2) is 17.0 Å². The summed E-state index contributed by atoms with van der Waals surface area (Å²) in [4.78, 5) is 78.5. The first-order valence-electron chi connectivity index (χ1n) is 45.1. The number of nitrogen functional groups attached to an aromatic ring is 2. The van der Waals surface area contributed by atoms with Crippen molar-refractivity contribution in [3.8, 4) is 45.4 Å². The number of fused-ring (bicyclic) bond motifs is 12. The van der Waals surface area contributed by atoms with Gasteiger partial charge in [0, 0.05) is 168 Å². The van der Waals surface area contributed by atoms with Gasteiger partial charge in [-0.15, -0.1) is 0 Å². The molecule has 13 N–H and O–H groups in total. The average Bonchev–Trinajstić information content (AvgIpc) is 1.60. The summed E-state index contributed by atoms with van der Waals surface area (Å²) in [6, 6.07) is 59.0. The maximum atomic E-state index is 13.8. The Morgan fingerprint density at radius 3 is 1.52 bits per heavy atom. The number of hydrogen-bond donors (Lipinski definition) is 9. The molecule has 2 fully saturated rings. The van der Waals surface area contributed by atoms with Gasteiger partial charge in [0.25, 0.3) is 11.8 Å². The van der Waals surface area contributed by atoms with E-state index in [4.69, 9.17) is 50.4 Å². The largest absolute Gasteiger partial charge is 0.465 e. The topological polar surface area (TPSA) is 328 Å². The predicted octanol–water partition coefficient (Wildman–Crippen LogP) is 13.5. The van der Waals surface area contributed by atoms with Gasteiger partial charge in [-0.25, -0.2) is 14.2 Å². The number of allylic oxidation sites excluding steroid dienone is 10. The van der Waals surface area contributed by atoms with Gasteiger partial charge in [0.2, 0.25) is 5.36 Å². The van der Waals surface area contributed by atoms with Crippen LogP contribution in [0.4, 0.5) is 17.1 Å². The lowest BCUT2D eigenvalue weighted by Crippen LogP contribution is -2.50. The lowest BCUT2D eigenvalue weighted by atomic mass is 9.77. The number of rotatable bonds is 17. The summed E-state index contributed by atoms with van der Waals surface area (Å²) < 4.78 is 37.1. The summed E-state index contributed by atoms with van der Waals surface area (Å²) in [5, 5.41) is 37.1. The van der Waals surface area contributed by atoms with E-state index in [1.807, 2.05) is 98.5 Å². The summed E-state index contributed by atoms with van der Waals surface area (Å²) >= 11 is 0. The molecule has 0 bridgehead atoms. The normalized spacial score (nSPS) is 18.4. The standard InChI is InChI=1S/C54H56N6O4Si.C54H50N4O8Si/c1-31-24-33(9-19-40(31)51-44-20-10-34(55)26-49(44)65(6,7)50-27-35(56)11-21-45(50)51)53(61)59-37-14-12-36(13-15-37)58-30-32-8-18-41(46(25-32)54(62)63-5)52-42-22-16-38(57-2)28-47(42)64-48-29-39(60(3)4)17-23-43(48)52;1-29-22-32(6-16-40(29)51-41-17-8-34(55)24-49(41)67(4,5)50-25-35(56)9-18-42(50)51)28-57-36-10-12-37(13-11-36)58-52(61)33-7-19-44-43(23-33)53(62)66-54(44)45-20-14-38(63-30(2)59)26-47(45)65-48-27-39(64-31(3)60)15-21-46(48)54/h8-11,16-29,36-37,58H,12-15,30H2,1-7H3,(H4,55,56,59,61);6-9,14-27,36-37,55,57H,10-13,28,56H2,1-5H3,(H,58,61)/p+3. The van der Waals surface area contributed by atoms with Gasteiger partial charge in [0.05, 0.1) is 24.3 Å². The van der Waals surface area contributed by atoms with E-state index in [0.717, 1.165) is 142 Å². The van der Waals surface area contributed by atoms with Crippen LogP contribution in [-0.4, -0.2) is 116 Å². The van der Waals surface area contributed by atoms with Crippen molar-refractivity contribution in [3.05, 3.63) is 329 Å². The quantitative estimate of drug-likeness (QED) is 0.0102. The van der Waals surface area contributed by atoms with Crippen LogP contribution in [0.3, 0.4) is 0 Å². The highest BCUT2D eigenvalue weighted by Crippen LogP contribution is 2.58. The minimum Gasteiger partial charge on any atom is -0.465 e. The molecule has 19 rings (SSSR count). The van der Waals surface area contributed by atoms with Gasteiger partial charge in [-0.1, -0.05) is 80.8 Å². The fourth-order valence-corrected chi connectivity index (χ4v) is 26.8. The Labute approximate surface area is 769 Å². The van der Waals surface area contributed by atoms with Crippen LogP contribution >= 0.6 is 0 Å². The molecule has 10 aliphatic rings. The number of benzene rings is 10. The van der Waals surface area contributed by atoms with Crippen LogP contribution in [0, 0.1) is 13.8 Å². The second-order valence-corrected chi connectivity index (χ2v) is 45.7. The smallest absolute Gasteiger partial charge is 0.340 e. The molecule has 0 radical (unpaired) electrons. The van der Waals surface area contributed by atoms with Crippen molar-refractivity contribution >= 4 is 113 Å². The molecule has 1 spiro atoms. The Bertz CT molecular complexity index is 6960. The Kier molecular flexibility index (Phi) is 23.6. The van der Waals surface area contributed by atoms with Crippen molar-refractivity contribution in [3.63, 3.8) is 0 Å². The average molecular weight is 1800 g/mol. The van der Waals surface area contributed by atoms with E-state index in [1.165, 1.54) is 86.3 Å². The van der Waals surface area contributed by atoms with E-state index < -0.39 is 45.6 Å². The van der Waals surface area contributed by atoms with E-state index in [9.17, 15) is 28.8 Å². The Morgan fingerprint density at radius 2 is 1.00 bits per heavy atom. The number of ether oxygens (including phenoxy) is 5. The second-order valence-electron chi connectivity index (χ2n) is 37.0. The molecule has 0 unspecified atom stereocenters. The van der Waals surface area contributed by atoms with E-state index >= 15 is 0 Å². The van der Waals surface area contributed by atoms with Crippen LogP contribution in [-0.2, 0) is 37.8 Å². The van der Waals surface area contributed by atoms with Crippen molar-refractivity contribution in [2.24, 2.45) is 0 Å². The minimum atomic E-state index is -2.08. The number of nitrogens with two attached hydrogens (primary N) is 4. The SMILES string of the molecule is CC(=O)Oc1ccc2c(c1)Oc1cc(OC(C)=O)ccc1C21OC(=O)c2cc(C(=O)NC3CCC(NCc4ccc(C5=C6C=CC(=[NH2+])C=C6[Si](C)(C)c6cc(N)ccc65)c(C)c4)CC3)ccc21.CNc1ccc2c(-c3ccc(CNC4CCC(NC(=O)c5ccc(C6=C7C=CC(=[NH2+])C=C7[Si](C)(C)c7cc(N)ccc76)c(C)c5)CC4)cc3C(=O)OC)c3ccc(=[N+](C)C)cc-3oc2c1. The third-order valence-electron chi connectivity index (χ3n) is 27.4. The molecule has 0 aromatic heterocycles. The summed E-state index contributed by atoms with van der Waals surface area (Å²) in [5.74, 6) is -0.601. The zero-order valence-electron chi connectivity index (χ0n) is 76.3. The molecular weight excluding hydrogens is 1690 g/mol. The molecule has 0 saturated heterocycles. The number of esters is 4. The molecule has 5 aliphatic carbocycles. The molecule has 22 nitrogen and oxygen atoms in total. The number of hydrogen-bond acceptors (Lipinski definition) is 17. The fraction of sp³-hybridized carbons (Fsp3) is 0.250. The van der Waals surface area contributed by atoms with Crippen molar-refractivity contribution < 1.29 is 67.7 Å². The highest BCUT2D eigenvalue weighted by molar-refractivity contribution is 6.98. The summed E-state index contributed by atoms with van der Waals surface area (Å²) in [6.45, 7) is 17.6. The molecule has 5 aliphatic heterocycles. The first-order chi connectivity index (χ1) is 63.3. The van der Waals surface area contributed by atoms with Crippen molar-refractivity contribution in [2.75, 3.05) is 45.0 Å². The van der Waals surface area contributed by atoms with E-state index in [2.05, 4.69) is 158 Å².